The highest BCUT2D eigenvalue weighted by Gasteiger charge is 2.19. The van der Waals surface area contributed by atoms with Gasteiger partial charge in [0.2, 0.25) is 11.8 Å². The highest BCUT2D eigenvalue weighted by molar-refractivity contribution is 5.94. The van der Waals surface area contributed by atoms with Crippen molar-refractivity contribution in [1.82, 2.24) is 10.2 Å². The van der Waals surface area contributed by atoms with Crippen molar-refractivity contribution < 1.29 is 14.3 Å². The van der Waals surface area contributed by atoms with E-state index in [1.54, 1.807) is 38.4 Å². The van der Waals surface area contributed by atoms with E-state index in [1.165, 1.54) is 10.5 Å². The summed E-state index contributed by atoms with van der Waals surface area (Å²) in [4.78, 5) is 26.3. The molecule has 6 nitrogen and oxygen atoms in total. The van der Waals surface area contributed by atoms with Crippen molar-refractivity contribution in [2.45, 2.75) is 33.2 Å². The van der Waals surface area contributed by atoms with Crippen molar-refractivity contribution in [1.29, 1.82) is 0 Å². The molecule has 2 aromatic rings. The van der Waals surface area contributed by atoms with Crippen LogP contribution in [0, 0.1) is 5.92 Å². The van der Waals surface area contributed by atoms with Gasteiger partial charge in [-0.05, 0) is 35.6 Å². The van der Waals surface area contributed by atoms with Gasteiger partial charge in [0.25, 0.3) is 0 Å². The minimum absolute atomic E-state index is 0.0186. The Kier molecular flexibility index (Phi) is 8.87. The Bertz CT molecular complexity index is 834. The molecule has 30 heavy (non-hydrogen) atoms. The van der Waals surface area contributed by atoms with Crippen LogP contribution in [0.2, 0.25) is 0 Å². The maximum Gasteiger partial charge on any atom is 0.243 e. The average Bonchev–Trinajstić information content (AvgIpc) is 2.73. The number of hydrogen-bond donors (Lipinski definition) is 2. The first-order valence-electron chi connectivity index (χ1n) is 10.3. The molecule has 0 unspecified atom stereocenters. The number of carbonyl (C=O) groups is 2. The molecule has 2 rings (SSSR count). The zero-order chi connectivity index (χ0) is 22.1. The van der Waals surface area contributed by atoms with Crippen molar-refractivity contribution in [2.75, 3.05) is 32.6 Å². The van der Waals surface area contributed by atoms with Gasteiger partial charge in [0.1, 0.15) is 5.75 Å². The lowest BCUT2D eigenvalue weighted by molar-refractivity contribution is -0.132. The van der Waals surface area contributed by atoms with Gasteiger partial charge in [-0.1, -0.05) is 51.1 Å². The summed E-state index contributed by atoms with van der Waals surface area (Å²) in [5, 5.41) is 6.14. The minimum Gasteiger partial charge on any atom is -0.497 e. The molecule has 2 aromatic carbocycles. The molecule has 0 aliphatic heterocycles. The zero-order valence-corrected chi connectivity index (χ0v) is 18.6. The van der Waals surface area contributed by atoms with Gasteiger partial charge in [0, 0.05) is 24.8 Å². The average molecular weight is 412 g/mol. The van der Waals surface area contributed by atoms with Crippen LogP contribution in [0.4, 0.5) is 5.69 Å². The highest BCUT2D eigenvalue weighted by Crippen LogP contribution is 2.22. The van der Waals surface area contributed by atoms with Crippen molar-refractivity contribution in [2.24, 2.45) is 5.92 Å². The number of benzene rings is 2. The number of nitrogens with one attached hydrogen (secondary N) is 2. The Hall–Kier alpha value is -2.86. The SMILES string of the molecule is CCc1ccc([C@H](NCC(=O)N(C)CC(=O)Nc2cccc(OC)c2)C(C)C)cc1. The fourth-order valence-electron chi connectivity index (χ4n) is 3.24. The molecule has 1 atom stereocenters. The summed E-state index contributed by atoms with van der Waals surface area (Å²) in [6.45, 7) is 6.53. The second kappa shape index (κ2) is 11.4. The maximum atomic E-state index is 12.6. The van der Waals surface area contributed by atoms with Crippen LogP contribution < -0.4 is 15.4 Å². The van der Waals surface area contributed by atoms with E-state index < -0.39 is 0 Å². The number of hydrogen-bond acceptors (Lipinski definition) is 4. The van der Waals surface area contributed by atoms with Crippen molar-refractivity contribution in [3.63, 3.8) is 0 Å². The maximum absolute atomic E-state index is 12.6. The Balaban J connectivity index is 1.89. The van der Waals surface area contributed by atoms with E-state index in [4.69, 9.17) is 4.74 Å². The molecule has 2 N–H and O–H groups in total. The number of anilines is 1. The molecule has 0 aromatic heterocycles. The van der Waals surface area contributed by atoms with Gasteiger partial charge in [-0.2, -0.15) is 0 Å². The lowest BCUT2D eigenvalue weighted by Crippen LogP contribution is -2.41. The summed E-state index contributed by atoms with van der Waals surface area (Å²) in [5.41, 5.74) is 3.08. The molecule has 0 radical (unpaired) electrons. The third-order valence-corrected chi connectivity index (χ3v) is 5.05. The van der Waals surface area contributed by atoms with E-state index in [0.29, 0.717) is 17.4 Å². The van der Waals surface area contributed by atoms with Crippen molar-refractivity contribution in [3.05, 3.63) is 59.7 Å². The van der Waals surface area contributed by atoms with Gasteiger partial charge >= 0.3 is 0 Å². The molecule has 162 valence electrons. The Morgan fingerprint density at radius 1 is 1.10 bits per heavy atom. The molecule has 0 saturated heterocycles. The predicted molar refractivity (Wildman–Crippen MR) is 121 cm³/mol. The van der Waals surface area contributed by atoms with Gasteiger partial charge in [0.15, 0.2) is 0 Å². The van der Waals surface area contributed by atoms with Crippen LogP contribution in [0.1, 0.15) is 37.9 Å². The van der Waals surface area contributed by atoms with E-state index >= 15 is 0 Å². The molecular formula is C24H33N3O3. The molecule has 0 heterocycles. The second-order valence-corrected chi connectivity index (χ2v) is 7.73. The fraction of sp³-hybridized carbons (Fsp3) is 0.417. The summed E-state index contributed by atoms with van der Waals surface area (Å²) in [6.07, 6.45) is 1.00. The number of amides is 2. The van der Waals surface area contributed by atoms with Crippen LogP contribution >= 0.6 is 0 Å². The molecule has 6 heteroatoms. The largest absolute Gasteiger partial charge is 0.497 e. The minimum atomic E-state index is -0.255. The second-order valence-electron chi connectivity index (χ2n) is 7.73. The first-order chi connectivity index (χ1) is 14.3. The van der Waals surface area contributed by atoms with Crippen LogP contribution in [0.3, 0.4) is 0 Å². The van der Waals surface area contributed by atoms with Crippen molar-refractivity contribution in [3.8, 4) is 5.75 Å². The number of methoxy groups -OCH3 is 1. The zero-order valence-electron chi connectivity index (χ0n) is 18.6. The molecule has 0 aliphatic carbocycles. The summed E-state index contributed by atoms with van der Waals surface area (Å²) < 4.78 is 5.15. The topological polar surface area (TPSA) is 70.7 Å². The lowest BCUT2D eigenvalue weighted by Gasteiger charge is -2.25. The van der Waals surface area contributed by atoms with Crippen molar-refractivity contribution >= 4 is 17.5 Å². The van der Waals surface area contributed by atoms with Gasteiger partial charge in [0.05, 0.1) is 20.2 Å². The fourth-order valence-corrected chi connectivity index (χ4v) is 3.24. The van der Waals surface area contributed by atoms with Crippen LogP contribution in [0.5, 0.6) is 5.75 Å². The number of ether oxygens (including phenoxy) is 1. The summed E-state index contributed by atoms with van der Waals surface area (Å²) in [6, 6.07) is 15.7. The smallest absolute Gasteiger partial charge is 0.243 e. The summed E-state index contributed by atoms with van der Waals surface area (Å²) in [5.74, 6) is 0.598. The van der Waals surface area contributed by atoms with E-state index in [1.807, 2.05) is 0 Å². The normalized spacial score (nSPS) is 11.8. The van der Waals surface area contributed by atoms with Gasteiger partial charge in [-0.15, -0.1) is 0 Å². The van der Waals surface area contributed by atoms with E-state index in [0.717, 1.165) is 12.0 Å². The molecule has 0 bridgehead atoms. The van der Waals surface area contributed by atoms with E-state index in [-0.39, 0.29) is 30.9 Å². The number of nitrogens with zero attached hydrogens (tertiary/aromatic N) is 1. The molecular weight excluding hydrogens is 378 g/mol. The van der Waals surface area contributed by atoms with Gasteiger partial charge < -0.3 is 20.3 Å². The number of rotatable bonds is 10. The molecule has 0 saturated carbocycles. The predicted octanol–water partition coefficient (Wildman–Crippen LogP) is 3.64. The van der Waals surface area contributed by atoms with Gasteiger partial charge in [-0.3, -0.25) is 9.59 Å². The first kappa shape index (κ1) is 23.4. The van der Waals surface area contributed by atoms with Crippen LogP contribution in [0.15, 0.2) is 48.5 Å². The third kappa shape index (κ3) is 6.88. The van der Waals surface area contributed by atoms with E-state index in [9.17, 15) is 9.59 Å². The quantitative estimate of drug-likeness (QED) is 0.626. The molecule has 2 amide bonds. The summed E-state index contributed by atoms with van der Waals surface area (Å²) >= 11 is 0. The van der Waals surface area contributed by atoms with Crippen LogP contribution in [-0.4, -0.2) is 44.0 Å². The number of likely N-dealkylation sites (N-methyl/N-ethyl adjacent to an activating group) is 1. The van der Waals surface area contributed by atoms with Crippen LogP contribution in [-0.2, 0) is 16.0 Å². The Morgan fingerprint density at radius 2 is 1.80 bits per heavy atom. The molecule has 0 fully saturated rings. The first-order valence-corrected chi connectivity index (χ1v) is 10.3. The third-order valence-electron chi connectivity index (χ3n) is 5.05. The van der Waals surface area contributed by atoms with Gasteiger partial charge in [-0.25, -0.2) is 0 Å². The summed E-state index contributed by atoms with van der Waals surface area (Å²) in [7, 11) is 3.21. The highest BCUT2D eigenvalue weighted by atomic mass is 16.5. The van der Waals surface area contributed by atoms with Crippen LogP contribution in [0.25, 0.3) is 0 Å². The Morgan fingerprint density at radius 3 is 2.40 bits per heavy atom. The lowest BCUT2D eigenvalue weighted by atomic mass is 9.95. The molecule has 0 aliphatic rings. The Labute approximate surface area is 179 Å². The number of carbonyl (C=O) groups excluding carboxylic acids is 2. The monoisotopic (exact) mass is 411 g/mol. The molecule has 0 spiro atoms. The number of aryl methyl sites for hydroxylation is 1. The van der Waals surface area contributed by atoms with E-state index in [2.05, 4.69) is 55.7 Å². The standard InChI is InChI=1S/C24H33N3O3/c1-6-18-10-12-19(13-11-18)24(17(2)3)25-15-23(29)27(4)16-22(28)26-20-8-7-9-21(14-20)30-5/h7-14,17,24-25H,6,15-16H2,1-5H3,(H,26,28)/t24-/m1/s1.